The molecule has 1 saturated heterocycles. The summed E-state index contributed by atoms with van der Waals surface area (Å²) < 4.78 is 17.8. The fourth-order valence-corrected chi connectivity index (χ4v) is 7.90. The van der Waals surface area contributed by atoms with Gasteiger partial charge in [0.05, 0.1) is 45.0 Å². The first-order chi connectivity index (χ1) is 23.1. The summed E-state index contributed by atoms with van der Waals surface area (Å²) in [4.78, 5) is 32.7. The van der Waals surface area contributed by atoms with Crippen LogP contribution in [0.1, 0.15) is 75.1 Å². The van der Waals surface area contributed by atoms with Crippen LogP contribution in [-0.2, 0) is 16.0 Å². The average molecular weight is 674 g/mol. The van der Waals surface area contributed by atoms with Crippen molar-refractivity contribution in [3.63, 3.8) is 0 Å². The number of anilines is 2. The molecule has 1 saturated carbocycles. The fraction of sp³-hybridized carbons (Fsp3) is 0.487. The molecule has 1 amide bonds. The number of carbonyl (C=O) groups is 2. The summed E-state index contributed by atoms with van der Waals surface area (Å²) in [6.07, 6.45) is 6.52. The largest absolute Gasteiger partial charge is 0.494 e. The zero-order valence-electron chi connectivity index (χ0n) is 28.8. The quantitative estimate of drug-likeness (QED) is 0.221. The number of hydrogen-bond acceptors (Lipinski definition) is 7. The van der Waals surface area contributed by atoms with E-state index in [1.165, 1.54) is 0 Å². The van der Waals surface area contributed by atoms with Crippen molar-refractivity contribution in [3.05, 3.63) is 76.3 Å². The molecule has 2 heterocycles. The van der Waals surface area contributed by atoms with Gasteiger partial charge in [0.1, 0.15) is 11.5 Å². The molecule has 3 aliphatic rings. The molecule has 9 heteroatoms. The van der Waals surface area contributed by atoms with Crippen LogP contribution in [0.2, 0.25) is 5.02 Å². The minimum Gasteiger partial charge on any atom is -0.494 e. The number of rotatable bonds is 10. The Bertz CT molecular complexity index is 1620. The number of piperidine rings is 1. The van der Waals surface area contributed by atoms with E-state index in [1.807, 2.05) is 67.3 Å². The minimum absolute atomic E-state index is 0.0337. The number of amides is 1. The Morgan fingerprint density at radius 2 is 1.65 bits per heavy atom. The topological polar surface area (TPSA) is 71.6 Å². The second-order valence-corrected chi connectivity index (χ2v) is 14.2. The lowest BCUT2D eigenvalue weighted by Crippen LogP contribution is -2.45. The van der Waals surface area contributed by atoms with Gasteiger partial charge in [0.15, 0.2) is 11.5 Å². The molecular formula is C39H48ClN3O5. The predicted molar refractivity (Wildman–Crippen MR) is 191 cm³/mol. The highest BCUT2D eigenvalue weighted by Gasteiger charge is 2.38. The number of hydrogen-bond donors (Lipinski definition) is 0. The third-order valence-corrected chi connectivity index (χ3v) is 10.4. The first-order valence-electron chi connectivity index (χ1n) is 17.2. The number of ketones is 1. The molecule has 0 radical (unpaired) electrons. The van der Waals surface area contributed by atoms with Crippen LogP contribution in [0.5, 0.6) is 17.2 Å². The molecule has 0 aromatic heterocycles. The van der Waals surface area contributed by atoms with Gasteiger partial charge >= 0.3 is 0 Å². The lowest BCUT2D eigenvalue weighted by molar-refractivity contribution is -0.123. The van der Waals surface area contributed by atoms with Gasteiger partial charge < -0.3 is 19.1 Å². The van der Waals surface area contributed by atoms with E-state index < -0.39 is 6.04 Å². The zero-order valence-corrected chi connectivity index (χ0v) is 29.6. The molecule has 2 fully saturated rings. The van der Waals surface area contributed by atoms with Crippen LogP contribution in [0.15, 0.2) is 54.6 Å². The molecule has 0 unspecified atom stereocenters. The number of methoxy groups -OCH3 is 2. The average Bonchev–Trinajstić information content (AvgIpc) is 3.08. The van der Waals surface area contributed by atoms with Gasteiger partial charge in [-0.25, -0.2) is 0 Å². The maximum absolute atomic E-state index is 14.1. The minimum atomic E-state index is -0.429. The fourth-order valence-electron chi connectivity index (χ4n) is 7.77. The third-order valence-electron chi connectivity index (χ3n) is 10.1. The van der Waals surface area contributed by atoms with Gasteiger partial charge in [-0.3, -0.25) is 19.4 Å². The SMILES string of the molecule is COc1cc2c(cc1OC(C)C)[C@H](c1ccc(Cl)cc1)N(c1ccc(N(C)CC3CCC(N4CCCC(=O)C4)CC3)cc1OC)C(=O)C2. The number of nitrogens with zero attached hydrogens (tertiary/aromatic N) is 3. The van der Waals surface area contributed by atoms with Crippen LogP contribution >= 0.6 is 11.6 Å². The van der Waals surface area contributed by atoms with Crippen molar-refractivity contribution in [2.75, 3.05) is 50.7 Å². The Kier molecular flexibility index (Phi) is 10.5. The smallest absolute Gasteiger partial charge is 0.232 e. The molecule has 1 aliphatic carbocycles. The van der Waals surface area contributed by atoms with Crippen molar-refractivity contribution < 1.29 is 23.8 Å². The van der Waals surface area contributed by atoms with Crippen LogP contribution < -0.4 is 24.0 Å². The number of benzene rings is 3. The van der Waals surface area contributed by atoms with Gasteiger partial charge in [0.25, 0.3) is 0 Å². The third kappa shape index (κ3) is 7.30. The maximum Gasteiger partial charge on any atom is 0.232 e. The summed E-state index contributed by atoms with van der Waals surface area (Å²) >= 11 is 6.31. The van der Waals surface area contributed by atoms with Gasteiger partial charge in [-0.2, -0.15) is 0 Å². The predicted octanol–water partition coefficient (Wildman–Crippen LogP) is 7.48. The molecule has 2 aliphatic heterocycles. The summed E-state index contributed by atoms with van der Waals surface area (Å²) in [5.74, 6) is 2.83. The molecule has 0 N–H and O–H groups in total. The Labute approximate surface area is 289 Å². The van der Waals surface area contributed by atoms with Crippen molar-refractivity contribution >= 4 is 34.7 Å². The standard InChI is InChI=1S/C39H48ClN3O5/c1-25(2)48-37-22-33-28(19-36(37)47-5)20-38(45)43(39(33)27-10-12-29(40)13-11-27)34-17-16-31(21-35(34)46-4)41(3)23-26-8-14-30(15-9-26)42-18-6-7-32(44)24-42/h10-13,16-17,19,21-22,25-26,30,39H,6-9,14-15,18,20,23-24H2,1-5H3/t26?,30?,39-/m0/s1. The van der Waals surface area contributed by atoms with Gasteiger partial charge in [0.2, 0.25) is 5.91 Å². The number of fused-ring (bicyclic) bond motifs is 1. The van der Waals surface area contributed by atoms with Gasteiger partial charge in [-0.1, -0.05) is 23.7 Å². The van der Waals surface area contributed by atoms with Crippen LogP contribution in [-0.4, -0.2) is 69.6 Å². The van der Waals surface area contributed by atoms with Crippen LogP contribution in [0.25, 0.3) is 0 Å². The summed E-state index contributed by atoms with van der Waals surface area (Å²) in [5, 5.41) is 0.631. The van der Waals surface area contributed by atoms with E-state index in [2.05, 4.69) is 22.9 Å². The molecule has 0 bridgehead atoms. The lowest BCUT2D eigenvalue weighted by atomic mass is 9.84. The van der Waals surface area contributed by atoms with Crippen LogP contribution in [0.4, 0.5) is 11.4 Å². The van der Waals surface area contributed by atoms with E-state index in [-0.39, 0.29) is 18.4 Å². The van der Waals surface area contributed by atoms with E-state index in [0.717, 1.165) is 74.0 Å². The van der Waals surface area contributed by atoms with E-state index in [1.54, 1.807) is 14.2 Å². The Morgan fingerprint density at radius 3 is 2.31 bits per heavy atom. The van der Waals surface area contributed by atoms with Gasteiger partial charge in [0, 0.05) is 42.8 Å². The summed E-state index contributed by atoms with van der Waals surface area (Å²) in [5.41, 5.74) is 4.57. The van der Waals surface area contributed by atoms with Crippen molar-refractivity contribution in [1.29, 1.82) is 0 Å². The first kappa shape index (κ1) is 34.1. The molecule has 0 spiro atoms. The lowest BCUT2D eigenvalue weighted by Gasteiger charge is -2.40. The highest BCUT2D eigenvalue weighted by atomic mass is 35.5. The molecule has 1 atom stereocenters. The Hall–Kier alpha value is -3.75. The van der Waals surface area contributed by atoms with E-state index in [9.17, 15) is 9.59 Å². The van der Waals surface area contributed by atoms with E-state index in [0.29, 0.717) is 52.2 Å². The molecule has 48 heavy (non-hydrogen) atoms. The number of ether oxygens (including phenoxy) is 3. The Morgan fingerprint density at radius 1 is 0.917 bits per heavy atom. The molecule has 3 aromatic carbocycles. The number of carbonyl (C=O) groups excluding carboxylic acids is 2. The molecule has 6 rings (SSSR count). The van der Waals surface area contributed by atoms with Crippen molar-refractivity contribution in [3.8, 4) is 17.2 Å². The van der Waals surface area contributed by atoms with Crippen molar-refractivity contribution in [2.45, 2.75) is 77.0 Å². The normalized spacial score (nSPS) is 21.6. The van der Waals surface area contributed by atoms with Crippen molar-refractivity contribution in [2.24, 2.45) is 5.92 Å². The second kappa shape index (κ2) is 14.8. The van der Waals surface area contributed by atoms with Crippen molar-refractivity contribution in [1.82, 2.24) is 4.90 Å². The zero-order chi connectivity index (χ0) is 33.9. The second-order valence-electron chi connectivity index (χ2n) is 13.8. The van der Waals surface area contributed by atoms with Crippen LogP contribution in [0, 0.1) is 5.92 Å². The highest BCUT2D eigenvalue weighted by Crippen LogP contribution is 2.46. The highest BCUT2D eigenvalue weighted by molar-refractivity contribution is 6.30. The van der Waals surface area contributed by atoms with Gasteiger partial charge in [-0.15, -0.1) is 0 Å². The number of halogens is 1. The van der Waals surface area contributed by atoms with E-state index >= 15 is 0 Å². The van der Waals surface area contributed by atoms with E-state index in [4.69, 9.17) is 25.8 Å². The monoisotopic (exact) mass is 673 g/mol. The number of Topliss-reactive ketones (excluding diaryl/α,β-unsaturated/α-hetero) is 1. The summed E-state index contributed by atoms with van der Waals surface area (Å²) in [7, 11) is 5.41. The molecular weight excluding hydrogens is 626 g/mol. The van der Waals surface area contributed by atoms with Crippen LogP contribution in [0.3, 0.4) is 0 Å². The molecule has 3 aromatic rings. The van der Waals surface area contributed by atoms with Gasteiger partial charge in [-0.05, 0) is 112 Å². The Balaban J connectivity index is 1.26. The molecule has 8 nitrogen and oxygen atoms in total. The maximum atomic E-state index is 14.1. The summed E-state index contributed by atoms with van der Waals surface area (Å²) in [6.45, 7) is 6.60. The first-order valence-corrected chi connectivity index (χ1v) is 17.6. The number of likely N-dealkylation sites (tertiary alicyclic amines) is 1. The summed E-state index contributed by atoms with van der Waals surface area (Å²) in [6, 6.07) is 17.9. The molecule has 256 valence electrons.